The van der Waals surface area contributed by atoms with Gasteiger partial charge in [-0.1, -0.05) is 0 Å². The Kier molecular flexibility index (Phi) is 2.54. The number of pyridine rings is 1. The summed E-state index contributed by atoms with van der Waals surface area (Å²) in [6, 6.07) is 10.2. The largest absolute Gasteiger partial charge is 0.508 e. The van der Waals surface area contributed by atoms with Crippen LogP contribution in [0.1, 0.15) is 5.69 Å². The van der Waals surface area contributed by atoms with Gasteiger partial charge >= 0.3 is 0 Å². The van der Waals surface area contributed by atoms with Gasteiger partial charge in [-0.2, -0.15) is 0 Å². The Hall–Kier alpha value is -2.03. The average molecular weight is 201 g/mol. The van der Waals surface area contributed by atoms with Gasteiger partial charge < -0.3 is 9.84 Å². The summed E-state index contributed by atoms with van der Waals surface area (Å²) in [6.07, 6.45) is 1.70. The van der Waals surface area contributed by atoms with Crippen LogP contribution in [0.15, 0.2) is 42.6 Å². The molecule has 0 aliphatic heterocycles. The van der Waals surface area contributed by atoms with Gasteiger partial charge in [0.05, 0.1) is 0 Å². The van der Waals surface area contributed by atoms with Crippen LogP contribution in [0.5, 0.6) is 17.2 Å². The molecule has 0 radical (unpaired) electrons. The number of phenols is 1. The van der Waals surface area contributed by atoms with Gasteiger partial charge in [0.15, 0.2) is 0 Å². The highest BCUT2D eigenvalue weighted by Crippen LogP contribution is 2.23. The van der Waals surface area contributed by atoms with Crippen LogP contribution in [0.3, 0.4) is 0 Å². The zero-order valence-electron chi connectivity index (χ0n) is 8.34. The molecule has 3 heteroatoms. The van der Waals surface area contributed by atoms with Gasteiger partial charge in [-0.05, 0) is 37.3 Å². The SMILES string of the molecule is Cc1cc(Oc2ccc(O)cc2)ccn1. The number of benzene rings is 1. The molecule has 0 amide bonds. The summed E-state index contributed by atoms with van der Waals surface area (Å²) in [6.45, 7) is 1.91. The van der Waals surface area contributed by atoms with Crippen molar-refractivity contribution in [3.05, 3.63) is 48.3 Å². The lowest BCUT2D eigenvalue weighted by Gasteiger charge is -2.05. The van der Waals surface area contributed by atoms with Gasteiger partial charge in [0.2, 0.25) is 0 Å². The number of phenolic OH excluding ortho intramolecular Hbond substituents is 1. The summed E-state index contributed by atoms with van der Waals surface area (Å²) >= 11 is 0. The third-order valence-corrected chi connectivity index (χ3v) is 1.94. The molecule has 76 valence electrons. The second kappa shape index (κ2) is 4.00. The van der Waals surface area contributed by atoms with Crippen LogP contribution in [0.25, 0.3) is 0 Å². The zero-order valence-corrected chi connectivity index (χ0v) is 8.34. The Balaban J connectivity index is 2.18. The number of aromatic nitrogens is 1. The number of hydrogen-bond donors (Lipinski definition) is 1. The predicted octanol–water partition coefficient (Wildman–Crippen LogP) is 2.89. The van der Waals surface area contributed by atoms with Crippen molar-refractivity contribution in [3.8, 4) is 17.2 Å². The second-order valence-electron chi connectivity index (χ2n) is 3.23. The van der Waals surface area contributed by atoms with E-state index in [0.29, 0.717) is 5.75 Å². The minimum absolute atomic E-state index is 0.230. The Labute approximate surface area is 88.0 Å². The summed E-state index contributed by atoms with van der Waals surface area (Å²) in [7, 11) is 0. The maximum absolute atomic E-state index is 9.10. The molecule has 1 heterocycles. The van der Waals surface area contributed by atoms with Crippen LogP contribution in [0.2, 0.25) is 0 Å². The Morgan fingerprint density at radius 1 is 1.07 bits per heavy atom. The van der Waals surface area contributed by atoms with Crippen LogP contribution in [0, 0.1) is 6.92 Å². The van der Waals surface area contributed by atoms with Gasteiger partial charge in [-0.25, -0.2) is 0 Å². The number of hydrogen-bond acceptors (Lipinski definition) is 3. The maximum Gasteiger partial charge on any atom is 0.130 e. The molecule has 2 aromatic rings. The monoisotopic (exact) mass is 201 g/mol. The first kappa shape index (κ1) is 9.52. The zero-order chi connectivity index (χ0) is 10.7. The molecule has 3 nitrogen and oxygen atoms in total. The van der Waals surface area contributed by atoms with Crippen molar-refractivity contribution in [1.82, 2.24) is 4.98 Å². The first-order chi connectivity index (χ1) is 7.24. The molecule has 15 heavy (non-hydrogen) atoms. The fraction of sp³-hybridized carbons (Fsp3) is 0.0833. The van der Waals surface area contributed by atoms with Crippen LogP contribution < -0.4 is 4.74 Å². The van der Waals surface area contributed by atoms with Gasteiger partial charge in [0, 0.05) is 18.0 Å². The highest BCUT2D eigenvalue weighted by molar-refractivity contribution is 5.34. The van der Waals surface area contributed by atoms with E-state index in [9.17, 15) is 0 Å². The summed E-state index contributed by atoms with van der Waals surface area (Å²) in [5.74, 6) is 1.67. The first-order valence-corrected chi connectivity index (χ1v) is 4.63. The topological polar surface area (TPSA) is 42.4 Å². The number of ether oxygens (including phenoxy) is 1. The molecule has 0 saturated heterocycles. The molecular formula is C12H11NO2. The third kappa shape index (κ3) is 2.47. The van der Waals surface area contributed by atoms with Crippen molar-refractivity contribution in [1.29, 1.82) is 0 Å². The van der Waals surface area contributed by atoms with E-state index in [2.05, 4.69) is 4.98 Å². The minimum Gasteiger partial charge on any atom is -0.508 e. The number of aromatic hydroxyl groups is 1. The third-order valence-electron chi connectivity index (χ3n) is 1.94. The van der Waals surface area contributed by atoms with Crippen molar-refractivity contribution in [2.24, 2.45) is 0 Å². The molecule has 0 unspecified atom stereocenters. The molecule has 0 aliphatic carbocycles. The van der Waals surface area contributed by atoms with Crippen molar-refractivity contribution in [2.75, 3.05) is 0 Å². The number of rotatable bonds is 2. The number of aryl methyl sites for hydroxylation is 1. The fourth-order valence-corrected chi connectivity index (χ4v) is 1.23. The van der Waals surface area contributed by atoms with Crippen LogP contribution >= 0.6 is 0 Å². The Morgan fingerprint density at radius 3 is 2.47 bits per heavy atom. The van der Waals surface area contributed by atoms with Gasteiger partial charge in [0.1, 0.15) is 17.2 Å². The summed E-state index contributed by atoms with van der Waals surface area (Å²) in [5, 5.41) is 9.10. The molecule has 1 aromatic carbocycles. The van der Waals surface area contributed by atoms with E-state index in [1.807, 2.05) is 13.0 Å². The minimum atomic E-state index is 0.230. The van der Waals surface area contributed by atoms with Crippen molar-refractivity contribution in [3.63, 3.8) is 0 Å². The molecule has 1 N–H and O–H groups in total. The van der Waals surface area contributed by atoms with Crippen LogP contribution in [0.4, 0.5) is 0 Å². The summed E-state index contributed by atoms with van der Waals surface area (Å²) in [4.78, 5) is 4.08. The van der Waals surface area contributed by atoms with E-state index in [-0.39, 0.29) is 5.75 Å². The molecule has 2 rings (SSSR count). The molecular weight excluding hydrogens is 190 g/mol. The smallest absolute Gasteiger partial charge is 0.130 e. The maximum atomic E-state index is 9.10. The van der Waals surface area contributed by atoms with E-state index in [1.165, 1.54) is 0 Å². The predicted molar refractivity (Wildman–Crippen MR) is 57.2 cm³/mol. The lowest BCUT2D eigenvalue weighted by molar-refractivity contribution is 0.464. The molecule has 0 fully saturated rings. The van der Waals surface area contributed by atoms with Crippen molar-refractivity contribution in [2.45, 2.75) is 6.92 Å². The van der Waals surface area contributed by atoms with E-state index >= 15 is 0 Å². The molecule has 0 spiro atoms. The Bertz CT molecular complexity index is 451. The van der Waals surface area contributed by atoms with E-state index < -0.39 is 0 Å². The van der Waals surface area contributed by atoms with Gasteiger partial charge in [-0.3, -0.25) is 4.98 Å². The summed E-state index contributed by atoms with van der Waals surface area (Å²) in [5.41, 5.74) is 0.909. The first-order valence-electron chi connectivity index (χ1n) is 4.63. The van der Waals surface area contributed by atoms with Crippen molar-refractivity contribution >= 4 is 0 Å². The highest BCUT2D eigenvalue weighted by Gasteiger charge is 1.97. The van der Waals surface area contributed by atoms with Crippen LogP contribution in [-0.4, -0.2) is 10.1 Å². The van der Waals surface area contributed by atoms with Crippen molar-refractivity contribution < 1.29 is 9.84 Å². The molecule has 0 atom stereocenters. The number of nitrogens with zero attached hydrogens (tertiary/aromatic N) is 1. The Morgan fingerprint density at radius 2 is 1.80 bits per heavy atom. The van der Waals surface area contributed by atoms with E-state index in [0.717, 1.165) is 11.4 Å². The molecule has 0 aliphatic rings. The quantitative estimate of drug-likeness (QED) is 0.812. The molecule has 0 saturated carbocycles. The van der Waals surface area contributed by atoms with Gasteiger partial charge in [-0.15, -0.1) is 0 Å². The summed E-state index contributed by atoms with van der Waals surface area (Å²) < 4.78 is 5.56. The lowest BCUT2D eigenvalue weighted by Crippen LogP contribution is -1.86. The van der Waals surface area contributed by atoms with Gasteiger partial charge in [0.25, 0.3) is 0 Å². The highest BCUT2D eigenvalue weighted by atomic mass is 16.5. The van der Waals surface area contributed by atoms with E-state index in [1.54, 1.807) is 36.5 Å². The average Bonchev–Trinajstić information content (AvgIpc) is 2.22. The standard InChI is InChI=1S/C12H11NO2/c1-9-8-12(6-7-13-9)15-11-4-2-10(14)3-5-11/h2-8,14H,1H3. The second-order valence-corrected chi connectivity index (χ2v) is 3.23. The van der Waals surface area contributed by atoms with E-state index in [4.69, 9.17) is 9.84 Å². The molecule has 1 aromatic heterocycles. The normalized spacial score (nSPS) is 9.93. The van der Waals surface area contributed by atoms with Crippen LogP contribution in [-0.2, 0) is 0 Å². The molecule has 0 bridgehead atoms. The lowest BCUT2D eigenvalue weighted by atomic mass is 10.3. The fourth-order valence-electron chi connectivity index (χ4n) is 1.23.